The molecule has 0 atom stereocenters. The number of morpholine rings is 1. The third-order valence-corrected chi connectivity index (χ3v) is 3.89. The predicted molar refractivity (Wildman–Crippen MR) is 87.4 cm³/mol. The van der Waals surface area contributed by atoms with Crippen LogP contribution < -0.4 is 5.32 Å². The maximum atomic E-state index is 9.21. The summed E-state index contributed by atoms with van der Waals surface area (Å²) in [6, 6.07) is 9.21. The molecule has 1 N–H and O–H groups in total. The van der Waals surface area contributed by atoms with E-state index in [-0.39, 0.29) is 5.69 Å². The van der Waals surface area contributed by atoms with Gasteiger partial charge in [0.05, 0.1) is 13.2 Å². The van der Waals surface area contributed by atoms with Crippen LogP contribution in [0, 0.1) is 11.3 Å². The van der Waals surface area contributed by atoms with Gasteiger partial charge in [0.15, 0.2) is 0 Å². The lowest BCUT2D eigenvalue weighted by molar-refractivity contribution is 0.0398. The second-order valence-corrected chi connectivity index (χ2v) is 5.63. The van der Waals surface area contributed by atoms with Gasteiger partial charge in [-0.1, -0.05) is 11.6 Å². The van der Waals surface area contributed by atoms with Crippen molar-refractivity contribution in [1.29, 1.82) is 5.26 Å². The van der Waals surface area contributed by atoms with E-state index in [4.69, 9.17) is 20.8 Å². The van der Waals surface area contributed by atoms with Gasteiger partial charge in [0.2, 0.25) is 17.5 Å². The summed E-state index contributed by atoms with van der Waals surface area (Å²) in [5, 5.41) is 13.0. The minimum Gasteiger partial charge on any atom is -0.419 e. The van der Waals surface area contributed by atoms with Gasteiger partial charge >= 0.3 is 0 Å². The molecule has 1 aliphatic rings. The molecule has 0 unspecified atom stereocenters. The van der Waals surface area contributed by atoms with E-state index in [1.165, 1.54) is 0 Å². The fourth-order valence-electron chi connectivity index (χ4n) is 2.38. The van der Waals surface area contributed by atoms with Crippen molar-refractivity contribution in [2.45, 2.75) is 0 Å². The normalized spacial score (nSPS) is 15.3. The van der Waals surface area contributed by atoms with Crippen LogP contribution in [0.25, 0.3) is 11.5 Å². The zero-order valence-electron chi connectivity index (χ0n) is 12.6. The van der Waals surface area contributed by atoms with Crippen LogP contribution in [0.1, 0.15) is 5.69 Å². The Hall–Kier alpha value is -2.07. The Kier molecular flexibility index (Phi) is 5.13. The van der Waals surface area contributed by atoms with Gasteiger partial charge in [-0.05, 0) is 24.3 Å². The summed E-state index contributed by atoms with van der Waals surface area (Å²) in [7, 11) is 0. The number of benzene rings is 1. The first-order valence-corrected chi connectivity index (χ1v) is 7.85. The maximum absolute atomic E-state index is 9.21. The van der Waals surface area contributed by atoms with Crippen LogP contribution in [0.4, 0.5) is 5.88 Å². The monoisotopic (exact) mass is 332 g/mol. The van der Waals surface area contributed by atoms with E-state index < -0.39 is 0 Å². The van der Waals surface area contributed by atoms with Crippen LogP contribution in [0.5, 0.6) is 0 Å². The molecule has 2 aromatic rings. The highest BCUT2D eigenvalue weighted by atomic mass is 35.5. The standard InChI is InChI=1S/C16H17ClN4O2/c17-13-3-1-12(2-4-13)15-20-14(11-18)16(23-15)19-5-6-21-7-9-22-10-8-21/h1-4,19H,5-10H2. The Balaban J connectivity index is 1.64. The molecule has 1 aromatic carbocycles. The van der Waals surface area contributed by atoms with Crippen molar-refractivity contribution >= 4 is 17.5 Å². The van der Waals surface area contributed by atoms with E-state index in [9.17, 15) is 5.26 Å². The van der Waals surface area contributed by atoms with Gasteiger partial charge in [-0.3, -0.25) is 4.90 Å². The highest BCUT2D eigenvalue weighted by molar-refractivity contribution is 6.30. The molecule has 1 fully saturated rings. The third-order valence-electron chi connectivity index (χ3n) is 3.64. The molecule has 6 nitrogen and oxygen atoms in total. The SMILES string of the molecule is N#Cc1nc(-c2ccc(Cl)cc2)oc1NCCN1CCOCC1. The lowest BCUT2D eigenvalue weighted by Gasteiger charge is -2.26. The van der Waals surface area contributed by atoms with Crippen LogP contribution in [0.15, 0.2) is 28.7 Å². The second kappa shape index (κ2) is 7.47. The molecular weight excluding hydrogens is 316 g/mol. The number of rotatable bonds is 5. The summed E-state index contributed by atoms with van der Waals surface area (Å²) in [4.78, 5) is 6.53. The van der Waals surface area contributed by atoms with Crippen molar-refractivity contribution in [1.82, 2.24) is 9.88 Å². The first kappa shape index (κ1) is 15.8. The molecule has 7 heteroatoms. The molecule has 120 valence electrons. The molecule has 0 aliphatic carbocycles. The molecule has 2 heterocycles. The van der Waals surface area contributed by atoms with E-state index in [1.807, 2.05) is 12.1 Å². The molecule has 3 rings (SSSR count). The van der Waals surface area contributed by atoms with E-state index in [2.05, 4.69) is 21.3 Å². The summed E-state index contributed by atoms with van der Waals surface area (Å²) < 4.78 is 11.0. The van der Waals surface area contributed by atoms with E-state index in [0.29, 0.717) is 23.3 Å². The molecule has 0 radical (unpaired) electrons. The van der Waals surface area contributed by atoms with E-state index in [1.54, 1.807) is 12.1 Å². The Morgan fingerprint density at radius 1 is 1.26 bits per heavy atom. The number of nitrogens with zero attached hydrogens (tertiary/aromatic N) is 3. The van der Waals surface area contributed by atoms with E-state index >= 15 is 0 Å². The summed E-state index contributed by atoms with van der Waals surface area (Å²) in [5.41, 5.74) is 1.05. The van der Waals surface area contributed by atoms with Crippen molar-refractivity contribution in [2.75, 3.05) is 44.7 Å². The fraction of sp³-hybridized carbons (Fsp3) is 0.375. The first-order chi connectivity index (χ1) is 11.3. The van der Waals surface area contributed by atoms with Crippen molar-refractivity contribution in [3.05, 3.63) is 35.0 Å². The summed E-state index contributed by atoms with van der Waals surface area (Å²) in [6.45, 7) is 4.95. The summed E-state index contributed by atoms with van der Waals surface area (Å²) in [5.74, 6) is 0.817. The molecule has 0 saturated carbocycles. The smallest absolute Gasteiger partial charge is 0.232 e. The predicted octanol–water partition coefficient (Wildman–Crippen LogP) is 2.61. The van der Waals surface area contributed by atoms with Crippen LogP contribution in [-0.4, -0.2) is 49.3 Å². The largest absolute Gasteiger partial charge is 0.419 e. The molecule has 0 spiro atoms. The van der Waals surface area contributed by atoms with E-state index in [0.717, 1.165) is 38.4 Å². The average Bonchev–Trinajstić information content (AvgIpc) is 3.00. The number of ether oxygens (including phenoxy) is 1. The van der Waals surface area contributed by atoms with Gasteiger partial charge in [-0.25, -0.2) is 0 Å². The number of oxazole rings is 1. The minimum absolute atomic E-state index is 0.261. The summed E-state index contributed by atoms with van der Waals surface area (Å²) >= 11 is 5.88. The number of hydrogen-bond acceptors (Lipinski definition) is 6. The van der Waals surface area contributed by atoms with Gasteiger partial charge in [0.1, 0.15) is 6.07 Å². The fourth-order valence-corrected chi connectivity index (χ4v) is 2.51. The quantitative estimate of drug-likeness (QED) is 0.907. The van der Waals surface area contributed by atoms with Gasteiger partial charge in [-0.2, -0.15) is 10.2 Å². The molecule has 1 saturated heterocycles. The molecule has 1 aromatic heterocycles. The zero-order valence-corrected chi connectivity index (χ0v) is 13.3. The van der Waals surface area contributed by atoms with Crippen LogP contribution in [0.3, 0.4) is 0 Å². The Labute approximate surface area is 139 Å². The lowest BCUT2D eigenvalue weighted by atomic mass is 10.2. The number of aromatic nitrogens is 1. The molecular formula is C16H17ClN4O2. The van der Waals surface area contributed by atoms with Crippen LogP contribution in [-0.2, 0) is 4.74 Å². The van der Waals surface area contributed by atoms with Crippen LogP contribution in [0.2, 0.25) is 5.02 Å². The lowest BCUT2D eigenvalue weighted by Crippen LogP contribution is -2.39. The second-order valence-electron chi connectivity index (χ2n) is 5.20. The molecule has 0 bridgehead atoms. The van der Waals surface area contributed by atoms with Gasteiger partial charge in [-0.15, -0.1) is 0 Å². The zero-order chi connectivity index (χ0) is 16.1. The van der Waals surface area contributed by atoms with Crippen molar-refractivity contribution in [3.8, 4) is 17.5 Å². The molecule has 1 aliphatic heterocycles. The first-order valence-electron chi connectivity index (χ1n) is 7.47. The van der Waals surface area contributed by atoms with Gasteiger partial charge in [0, 0.05) is 36.8 Å². The Morgan fingerprint density at radius 2 is 2.00 bits per heavy atom. The number of anilines is 1. The average molecular weight is 333 g/mol. The number of nitrogens with one attached hydrogen (secondary N) is 1. The topological polar surface area (TPSA) is 74.3 Å². The van der Waals surface area contributed by atoms with Gasteiger partial charge < -0.3 is 14.5 Å². The highest BCUT2D eigenvalue weighted by Crippen LogP contribution is 2.26. The highest BCUT2D eigenvalue weighted by Gasteiger charge is 2.15. The Bertz CT molecular complexity index is 687. The van der Waals surface area contributed by atoms with Gasteiger partial charge in [0.25, 0.3) is 0 Å². The third kappa shape index (κ3) is 4.02. The number of hydrogen-bond donors (Lipinski definition) is 1. The van der Waals surface area contributed by atoms with Crippen LogP contribution >= 0.6 is 11.6 Å². The number of nitriles is 1. The minimum atomic E-state index is 0.261. The maximum Gasteiger partial charge on any atom is 0.232 e. The van der Waals surface area contributed by atoms with Crippen molar-refractivity contribution < 1.29 is 9.15 Å². The molecule has 23 heavy (non-hydrogen) atoms. The molecule has 0 amide bonds. The van der Waals surface area contributed by atoms with Crippen molar-refractivity contribution in [3.63, 3.8) is 0 Å². The Morgan fingerprint density at radius 3 is 2.70 bits per heavy atom. The van der Waals surface area contributed by atoms with Crippen molar-refractivity contribution in [2.24, 2.45) is 0 Å². The summed E-state index contributed by atoms with van der Waals surface area (Å²) in [6.07, 6.45) is 0. The number of halogens is 1.